The number of anilines is 1. The molecule has 1 atom stereocenters. The van der Waals surface area contributed by atoms with Crippen LogP contribution in [0.15, 0.2) is 47.4 Å². The number of halogens is 2. The minimum absolute atomic E-state index is 0.108. The highest BCUT2D eigenvalue weighted by Crippen LogP contribution is 2.24. The molecule has 0 saturated carbocycles. The highest BCUT2D eigenvalue weighted by molar-refractivity contribution is 7.98. The molecule has 0 amide bonds. The molecule has 0 aliphatic heterocycles. The van der Waals surface area contributed by atoms with Crippen LogP contribution in [0.2, 0.25) is 5.02 Å². The third-order valence-electron chi connectivity index (χ3n) is 2.92. The summed E-state index contributed by atoms with van der Waals surface area (Å²) in [6.07, 6.45) is 2.05. The molecule has 2 aromatic carbocycles. The molecule has 0 aliphatic carbocycles. The Kier molecular flexibility index (Phi) is 4.72. The van der Waals surface area contributed by atoms with Gasteiger partial charge in [-0.1, -0.05) is 23.7 Å². The van der Waals surface area contributed by atoms with Gasteiger partial charge in [-0.3, -0.25) is 0 Å². The fraction of sp³-hybridized carbons (Fsp3) is 0.200. The summed E-state index contributed by atoms with van der Waals surface area (Å²) < 4.78 is 13.4. The topological polar surface area (TPSA) is 12.0 Å². The van der Waals surface area contributed by atoms with E-state index in [2.05, 4.69) is 29.6 Å². The second-order valence-electron chi connectivity index (χ2n) is 4.27. The van der Waals surface area contributed by atoms with Gasteiger partial charge in [0.1, 0.15) is 5.82 Å². The molecule has 0 aromatic heterocycles. The van der Waals surface area contributed by atoms with Gasteiger partial charge >= 0.3 is 0 Å². The van der Waals surface area contributed by atoms with E-state index < -0.39 is 5.82 Å². The summed E-state index contributed by atoms with van der Waals surface area (Å²) in [7, 11) is 0. The van der Waals surface area contributed by atoms with Crippen LogP contribution in [-0.2, 0) is 0 Å². The van der Waals surface area contributed by atoms with E-state index in [9.17, 15) is 4.39 Å². The van der Waals surface area contributed by atoms with E-state index in [1.807, 2.05) is 13.2 Å². The lowest BCUT2D eigenvalue weighted by Crippen LogP contribution is -2.06. The number of rotatable bonds is 4. The lowest BCUT2D eigenvalue weighted by molar-refractivity contribution is 0.628. The van der Waals surface area contributed by atoms with Gasteiger partial charge in [0.05, 0.1) is 5.02 Å². The van der Waals surface area contributed by atoms with Crippen molar-refractivity contribution in [2.45, 2.75) is 17.9 Å². The summed E-state index contributed by atoms with van der Waals surface area (Å²) in [6, 6.07) is 13.2. The maximum Gasteiger partial charge on any atom is 0.143 e. The highest BCUT2D eigenvalue weighted by Gasteiger charge is 2.07. The maximum atomic E-state index is 13.4. The molecule has 4 heteroatoms. The van der Waals surface area contributed by atoms with E-state index in [4.69, 9.17) is 11.6 Å². The normalized spacial score (nSPS) is 12.2. The number of nitrogens with one attached hydrogen (secondary N) is 1. The van der Waals surface area contributed by atoms with Gasteiger partial charge in [-0.25, -0.2) is 4.39 Å². The molecular formula is C15H15ClFNS. The minimum atomic E-state index is -0.406. The third kappa shape index (κ3) is 3.64. The van der Waals surface area contributed by atoms with Crippen LogP contribution in [0.1, 0.15) is 18.5 Å². The van der Waals surface area contributed by atoms with Crippen LogP contribution in [0.3, 0.4) is 0 Å². The Hall–Kier alpha value is -1.19. The van der Waals surface area contributed by atoms with Crippen molar-refractivity contribution in [1.29, 1.82) is 0 Å². The van der Waals surface area contributed by atoms with Gasteiger partial charge in [-0.15, -0.1) is 11.8 Å². The molecule has 0 heterocycles. The molecule has 0 fully saturated rings. The van der Waals surface area contributed by atoms with Crippen LogP contribution < -0.4 is 5.32 Å². The number of thioether (sulfide) groups is 1. The first-order valence-electron chi connectivity index (χ1n) is 5.95. The molecule has 0 bridgehead atoms. The summed E-state index contributed by atoms with van der Waals surface area (Å²) >= 11 is 7.37. The first-order valence-corrected chi connectivity index (χ1v) is 7.56. The first kappa shape index (κ1) is 14.2. The van der Waals surface area contributed by atoms with Gasteiger partial charge in [0, 0.05) is 16.6 Å². The van der Waals surface area contributed by atoms with E-state index in [1.54, 1.807) is 23.9 Å². The first-order chi connectivity index (χ1) is 9.10. The minimum Gasteiger partial charge on any atom is -0.378 e. The largest absolute Gasteiger partial charge is 0.378 e. The second-order valence-corrected chi connectivity index (χ2v) is 5.55. The Labute approximate surface area is 122 Å². The van der Waals surface area contributed by atoms with Gasteiger partial charge < -0.3 is 5.32 Å². The quantitative estimate of drug-likeness (QED) is 0.761. The second kappa shape index (κ2) is 6.31. The SMILES string of the molecule is CSc1ccc(C(C)Nc2ccc(Cl)c(F)c2)cc1. The van der Waals surface area contributed by atoms with Gasteiger partial charge in [-0.05, 0) is 49.1 Å². The van der Waals surface area contributed by atoms with E-state index in [0.717, 1.165) is 11.3 Å². The number of hydrogen-bond acceptors (Lipinski definition) is 2. The standard InChI is InChI=1S/C15H15ClFNS/c1-10(11-3-6-13(19-2)7-4-11)18-12-5-8-14(16)15(17)9-12/h3-10,18H,1-2H3. The van der Waals surface area contributed by atoms with Crippen molar-refractivity contribution < 1.29 is 4.39 Å². The van der Waals surface area contributed by atoms with Crippen molar-refractivity contribution in [3.63, 3.8) is 0 Å². The fourth-order valence-electron chi connectivity index (χ4n) is 1.81. The Morgan fingerprint density at radius 2 is 1.84 bits per heavy atom. The van der Waals surface area contributed by atoms with Gasteiger partial charge in [0.2, 0.25) is 0 Å². The number of hydrogen-bond donors (Lipinski definition) is 1. The molecule has 0 saturated heterocycles. The molecule has 1 nitrogen and oxygen atoms in total. The van der Waals surface area contributed by atoms with Crippen molar-refractivity contribution >= 4 is 29.1 Å². The van der Waals surface area contributed by atoms with Crippen LogP contribution >= 0.6 is 23.4 Å². The van der Waals surface area contributed by atoms with Crippen molar-refractivity contribution in [2.75, 3.05) is 11.6 Å². The van der Waals surface area contributed by atoms with E-state index in [-0.39, 0.29) is 11.1 Å². The molecule has 19 heavy (non-hydrogen) atoms. The summed E-state index contributed by atoms with van der Waals surface area (Å²) in [6.45, 7) is 2.04. The van der Waals surface area contributed by atoms with Crippen LogP contribution in [0.5, 0.6) is 0 Å². The van der Waals surface area contributed by atoms with E-state index in [1.165, 1.54) is 11.0 Å². The molecule has 0 spiro atoms. The van der Waals surface area contributed by atoms with E-state index in [0.29, 0.717) is 0 Å². The Morgan fingerprint density at radius 1 is 1.16 bits per heavy atom. The van der Waals surface area contributed by atoms with Crippen LogP contribution in [0.25, 0.3) is 0 Å². The summed E-state index contributed by atoms with van der Waals surface area (Å²) in [5.74, 6) is -0.406. The molecule has 0 radical (unpaired) electrons. The van der Waals surface area contributed by atoms with Gasteiger partial charge in [-0.2, -0.15) is 0 Å². The van der Waals surface area contributed by atoms with Gasteiger partial charge in [0.25, 0.3) is 0 Å². The lowest BCUT2D eigenvalue weighted by atomic mass is 10.1. The molecule has 2 aromatic rings. The average Bonchev–Trinajstić information content (AvgIpc) is 2.43. The third-order valence-corrected chi connectivity index (χ3v) is 3.97. The van der Waals surface area contributed by atoms with Gasteiger partial charge in [0.15, 0.2) is 0 Å². The number of benzene rings is 2. The molecule has 1 unspecified atom stereocenters. The maximum absolute atomic E-state index is 13.4. The van der Waals surface area contributed by atoms with Crippen molar-refractivity contribution in [2.24, 2.45) is 0 Å². The van der Waals surface area contributed by atoms with Crippen molar-refractivity contribution in [3.8, 4) is 0 Å². The Balaban J connectivity index is 2.10. The smallest absolute Gasteiger partial charge is 0.143 e. The zero-order chi connectivity index (χ0) is 13.8. The molecule has 1 N–H and O–H groups in total. The predicted octanol–water partition coefficient (Wildman–Crippen LogP) is 5.37. The predicted molar refractivity (Wildman–Crippen MR) is 81.7 cm³/mol. The van der Waals surface area contributed by atoms with Crippen molar-refractivity contribution in [1.82, 2.24) is 0 Å². The van der Waals surface area contributed by atoms with Crippen LogP contribution in [0, 0.1) is 5.82 Å². The summed E-state index contributed by atoms with van der Waals surface area (Å²) in [5.41, 5.74) is 1.89. The summed E-state index contributed by atoms with van der Waals surface area (Å²) in [4.78, 5) is 1.23. The van der Waals surface area contributed by atoms with E-state index >= 15 is 0 Å². The monoisotopic (exact) mass is 295 g/mol. The lowest BCUT2D eigenvalue weighted by Gasteiger charge is -2.16. The van der Waals surface area contributed by atoms with Crippen LogP contribution in [0.4, 0.5) is 10.1 Å². The molecule has 0 aliphatic rings. The Morgan fingerprint density at radius 3 is 2.42 bits per heavy atom. The summed E-state index contributed by atoms with van der Waals surface area (Å²) in [5, 5.41) is 3.40. The molecular weight excluding hydrogens is 281 g/mol. The van der Waals surface area contributed by atoms with Crippen molar-refractivity contribution in [3.05, 3.63) is 58.9 Å². The molecule has 100 valence electrons. The average molecular weight is 296 g/mol. The molecule has 2 rings (SSSR count). The fourth-order valence-corrected chi connectivity index (χ4v) is 2.34. The Bertz CT molecular complexity index is 557. The zero-order valence-corrected chi connectivity index (χ0v) is 12.4. The zero-order valence-electron chi connectivity index (χ0n) is 10.8. The van der Waals surface area contributed by atoms with Crippen LogP contribution in [-0.4, -0.2) is 6.26 Å². The highest BCUT2D eigenvalue weighted by atomic mass is 35.5.